The van der Waals surface area contributed by atoms with E-state index in [0.717, 1.165) is 0 Å². The fourth-order valence-corrected chi connectivity index (χ4v) is 0.299. The maximum atomic E-state index is 8.40. The van der Waals surface area contributed by atoms with Gasteiger partial charge in [0.1, 0.15) is 5.76 Å². The van der Waals surface area contributed by atoms with Crippen molar-refractivity contribution >= 4 is 22.6 Å². The Morgan fingerprint density at radius 2 is 2.33 bits per heavy atom. The lowest BCUT2D eigenvalue weighted by Gasteiger charge is -1.77. The predicted octanol–water partition coefficient (Wildman–Crippen LogP) is 2.01. The standard InChI is InChI=1S/C4H5IO/c1-2-4(6)3-5/h2-3,6H,1H2/b4-3+. The predicted molar refractivity (Wildman–Crippen MR) is 34.9 cm³/mol. The fourth-order valence-electron chi connectivity index (χ4n) is 0.0445. The van der Waals surface area contributed by atoms with E-state index in [1.807, 2.05) is 22.6 Å². The van der Waals surface area contributed by atoms with E-state index in [1.165, 1.54) is 6.08 Å². The normalized spacial score (nSPS) is 11.2. The van der Waals surface area contributed by atoms with Crippen LogP contribution in [-0.2, 0) is 0 Å². The third kappa shape index (κ3) is 2.26. The molecule has 0 fully saturated rings. The van der Waals surface area contributed by atoms with Crippen LogP contribution in [0.3, 0.4) is 0 Å². The van der Waals surface area contributed by atoms with Crippen molar-refractivity contribution in [3.63, 3.8) is 0 Å². The molecule has 0 atom stereocenters. The van der Waals surface area contributed by atoms with Crippen LogP contribution in [0.15, 0.2) is 22.5 Å². The summed E-state index contributed by atoms with van der Waals surface area (Å²) in [7, 11) is 0. The molecule has 0 saturated carbocycles. The Labute approximate surface area is 50.5 Å². The van der Waals surface area contributed by atoms with Crippen molar-refractivity contribution in [1.82, 2.24) is 0 Å². The SMILES string of the molecule is C=C/C(O)=C\I. The Bertz CT molecular complexity index is 75.6. The maximum Gasteiger partial charge on any atom is 0.121 e. The lowest BCUT2D eigenvalue weighted by atomic mass is 10.6. The Morgan fingerprint density at radius 3 is 2.33 bits per heavy atom. The molecule has 1 nitrogen and oxygen atoms in total. The molecule has 0 rings (SSSR count). The van der Waals surface area contributed by atoms with E-state index in [2.05, 4.69) is 6.58 Å². The lowest BCUT2D eigenvalue weighted by molar-refractivity contribution is 0.435. The molecule has 0 aromatic carbocycles. The van der Waals surface area contributed by atoms with E-state index in [0.29, 0.717) is 0 Å². The van der Waals surface area contributed by atoms with E-state index < -0.39 is 0 Å². The second-order valence-electron chi connectivity index (χ2n) is 0.738. The molecule has 0 aliphatic rings. The van der Waals surface area contributed by atoms with Gasteiger partial charge in [-0.05, 0) is 28.7 Å². The molecule has 0 saturated heterocycles. The summed E-state index contributed by atoms with van der Waals surface area (Å²) in [5.74, 6) is 0.218. The first-order valence-electron chi connectivity index (χ1n) is 1.43. The molecule has 0 bridgehead atoms. The van der Waals surface area contributed by atoms with Crippen molar-refractivity contribution in [2.45, 2.75) is 0 Å². The summed E-state index contributed by atoms with van der Waals surface area (Å²) in [5.41, 5.74) is 0. The fraction of sp³-hybridized carbons (Fsp3) is 0. The number of aliphatic hydroxyl groups excluding tert-OH is 1. The second kappa shape index (κ2) is 3.21. The molecule has 0 radical (unpaired) electrons. The van der Waals surface area contributed by atoms with Crippen LogP contribution in [0, 0.1) is 0 Å². The van der Waals surface area contributed by atoms with E-state index in [4.69, 9.17) is 5.11 Å². The zero-order valence-corrected chi connectivity index (χ0v) is 5.34. The molecule has 1 N–H and O–H groups in total. The molecule has 0 aromatic rings. The first-order valence-corrected chi connectivity index (χ1v) is 2.67. The van der Waals surface area contributed by atoms with Gasteiger partial charge in [0.2, 0.25) is 0 Å². The van der Waals surface area contributed by atoms with Crippen molar-refractivity contribution < 1.29 is 5.11 Å². The van der Waals surface area contributed by atoms with Gasteiger partial charge in [0.15, 0.2) is 0 Å². The first kappa shape index (κ1) is 6.01. The summed E-state index contributed by atoms with van der Waals surface area (Å²) >= 11 is 1.93. The molecule has 2 heteroatoms. The van der Waals surface area contributed by atoms with Crippen LogP contribution in [0.1, 0.15) is 0 Å². The third-order valence-electron chi connectivity index (χ3n) is 0.321. The van der Waals surface area contributed by atoms with Gasteiger partial charge in [0.05, 0.1) is 0 Å². The molecule has 6 heavy (non-hydrogen) atoms. The monoisotopic (exact) mass is 196 g/mol. The highest BCUT2D eigenvalue weighted by Crippen LogP contribution is 1.92. The number of allylic oxidation sites excluding steroid dienone is 1. The van der Waals surface area contributed by atoms with Crippen LogP contribution in [0.4, 0.5) is 0 Å². The summed E-state index contributed by atoms with van der Waals surface area (Å²) in [5, 5.41) is 8.40. The largest absolute Gasteiger partial charge is 0.508 e. The molecule has 0 spiro atoms. The minimum absolute atomic E-state index is 0.218. The smallest absolute Gasteiger partial charge is 0.121 e. The van der Waals surface area contributed by atoms with Gasteiger partial charge >= 0.3 is 0 Å². The lowest BCUT2D eigenvalue weighted by Crippen LogP contribution is -1.62. The Morgan fingerprint density at radius 1 is 1.83 bits per heavy atom. The summed E-state index contributed by atoms with van der Waals surface area (Å²) in [6.45, 7) is 3.31. The van der Waals surface area contributed by atoms with Crippen LogP contribution in [-0.4, -0.2) is 5.11 Å². The van der Waals surface area contributed by atoms with Gasteiger partial charge in [0, 0.05) is 4.08 Å². The minimum atomic E-state index is 0.218. The highest BCUT2D eigenvalue weighted by atomic mass is 127. The van der Waals surface area contributed by atoms with Gasteiger partial charge in [-0.3, -0.25) is 0 Å². The minimum Gasteiger partial charge on any atom is -0.508 e. The van der Waals surface area contributed by atoms with Crippen LogP contribution >= 0.6 is 22.6 Å². The number of hydrogen-bond acceptors (Lipinski definition) is 1. The third-order valence-corrected chi connectivity index (χ3v) is 0.959. The number of rotatable bonds is 1. The molecule has 0 heterocycles. The summed E-state index contributed by atoms with van der Waals surface area (Å²) in [4.78, 5) is 0. The van der Waals surface area contributed by atoms with Crippen molar-refractivity contribution in [2.75, 3.05) is 0 Å². The van der Waals surface area contributed by atoms with Crippen molar-refractivity contribution in [3.8, 4) is 0 Å². The zero-order valence-electron chi connectivity index (χ0n) is 3.19. The Hall–Kier alpha value is 0.01000. The Kier molecular flexibility index (Phi) is 3.21. The van der Waals surface area contributed by atoms with E-state index in [-0.39, 0.29) is 5.76 Å². The van der Waals surface area contributed by atoms with Gasteiger partial charge in [-0.25, -0.2) is 0 Å². The van der Waals surface area contributed by atoms with Crippen molar-refractivity contribution in [1.29, 1.82) is 0 Å². The number of halogens is 1. The van der Waals surface area contributed by atoms with Crippen LogP contribution in [0.2, 0.25) is 0 Å². The molecule has 0 amide bonds. The van der Waals surface area contributed by atoms with Gasteiger partial charge < -0.3 is 5.11 Å². The van der Waals surface area contributed by atoms with Crippen molar-refractivity contribution in [2.24, 2.45) is 0 Å². The first-order chi connectivity index (χ1) is 2.81. The van der Waals surface area contributed by atoms with Gasteiger partial charge in [0.25, 0.3) is 0 Å². The molecule has 34 valence electrons. The van der Waals surface area contributed by atoms with E-state index in [1.54, 1.807) is 4.08 Å². The molecular formula is C4H5IO. The summed E-state index contributed by atoms with van der Waals surface area (Å²) in [6.07, 6.45) is 1.38. The highest BCUT2D eigenvalue weighted by molar-refractivity contribution is 14.1. The van der Waals surface area contributed by atoms with Crippen LogP contribution in [0.5, 0.6) is 0 Å². The summed E-state index contributed by atoms with van der Waals surface area (Å²) < 4.78 is 1.55. The maximum absolute atomic E-state index is 8.40. The molecule has 0 aromatic heterocycles. The molecule has 0 aliphatic carbocycles. The average molecular weight is 196 g/mol. The van der Waals surface area contributed by atoms with Crippen LogP contribution in [0.25, 0.3) is 0 Å². The van der Waals surface area contributed by atoms with Gasteiger partial charge in [-0.1, -0.05) is 6.58 Å². The van der Waals surface area contributed by atoms with Gasteiger partial charge in [-0.2, -0.15) is 0 Å². The highest BCUT2D eigenvalue weighted by Gasteiger charge is 1.71. The van der Waals surface area contributed by atoms with E-state index in [9.17, 15) is 0 Å². The number of hydrogen-bond donors (Lipinski definition) is 1. The van der Waals surface area contributed by atoms with E-state index >= 15 is 0 Å². The molecular weight excluding hydrogens is 191 g/mol. The van der Waals surface area contributed by atoms with Crippen LogP contribution < -0.4 is 0 Å². The zero-order chi connectivity index (χ0) is 4.99. The molecule has 0 aliphatic heterocycles. The average Bonchev–Trinajstić information content (AvgIpc) is 1.65. The Balaban J connectivity index is 3.50. The quantitative estimate of drug-likeness (QED) is 0.386. The number of aliphatic hydroxyl groups is 1. The van der Waals surface area contributed by atoms with Crippen molar-refractivity contribution in [3.05, 3.63) is 22.5 Å². The second-order valence-corrected chi connectivity index (χ2v) is 1.36. The van der Waals surface area contributed by atoms with Gasteiger partial charge in [-0.15, -0.1) is 0 Å². The summed E-state index contributed by atoms with van der Waals surface area (Å²) in [6, 6.07) is 0. The topological polar surface area (TPSA) is 20.2 Å². The molecule has 0 unspecified atom stereocenters.